The molecule has 1 aliphatic rings. The summed E-state index contributed by atoms with van der Waals surface area (Å²) in [7, 11) is 1.52. The van der Waals surface area contributed by atoms with Crippen LogP contribution in [0.2, 0.25) is 0 Å². The van der Waals surface area contributed by atoms with Gasteiger partial charge in [-0.15, -0.1) is 0 Å². The van der Waals surface area contributed by atoms with Gasteiger partial charge in [0.05, 0.1) is 30.6 Å². The van der Waals surface area contributed by atoms with Crippen molar-refractivity contribution in [3.05, 3.63) is 58.1 Å². The number of methoxy groups -OCH3 is 1. The van der Waals surface area contributed by atoms with E-state index in [2.05, 4.69) is 0 Å². The van der Waals surface area contributed by atoms with E-state index < -0.39 is 22.4 Å². The summed E-state index contributed by atoms with van der Waals surface area (Å²) in [6.45, 7) is 1.29. The Hall–Kier alpha value is -3.50. The predicted molar refractivity (Wildman–Crippen MR) is 110 cm³/mol. The normalized spacial score (nSPS) is 14.2. The Bertz CT molecular complexity index is 975. The topological polar surface area (TPSA) is 85.2 Å². The summed E-state index contributed by atoms with van der Waals surface area (Å²) in [6.07, 6.45) is -4.53. The average molecular weight is 453 g/mol. The Morgan fingerprint density at radius 2 is 1.75 bits per heavy atom. The number of carbonyl (C=O) groups is 1. The van der Waals surface area contributed by atoms with E-state index in [0.717, 1.165) is 12.1 Å². The van der Waals surface area contributed by atoms with Crippen molar-refractivity contribution in [2.45, 2.75) is 12.6 Å². The van der Waals surface area contributed by atoms with E-state index in [0.29, 0.717) is 30.7 Å². The van der Waals surface area contributed by atoms with Gasteiger partial charge in [-0.3, -0.25) is 14.9 Å². The lowest BCUT2D eigenvalue weighted by Gasteiger charge is -2.36. The van der Waals surface area contributed by atoms with Crippen molar-refractivity contribution < 1.29 is 32.4 Å². The second-order valence-electron chi connectivity index (χ2n) is 7.08. The van der Waals surface area contributed by atoms with E-state index in [1.807, 2.05) is 0 Å². The molecule has 0 radical (unpaired) electrons. The average Bonchev–Trinajstić information content (AvgIpc) is 2.78. The third kappa shape index (κ3) is 5.40. The molecule has 1 heterocycles. The lowest BCUT2D eigenvalue weighted by atomic mass is 10.1. The van der Waals surface area contributed by atoms with Crippen molar-refractivity contribution in [2.75, 3.05) is 44.8 Å². The number of benzene rings is 2. The molecule has 0 aliphatic carbocycles. The van der Waals surface area contributed by atoms with Gasteiger partial charge in [-0.05, 0) is 24.3 Å². The highest BCUT2D eigenvalue weighted by Gasteiger charge is 2.34. The molecule has 32 heavy (non-hydrogen) atoms. The van der Waals surface area contributed by atoms with E-state index >= 15 is 0 Å². The number of carbonyl (C=O) groups excluding carboxylic acids is 1. The number of amides is 1. The number of nitro benzene ring substituents is 1. The van der Waals surface area contributed by atoms with Crippen LogP contribution in [-0.2, 0) is 11.0 Å². The van der Waals surface area contributed by atoms with Gasteiger partial charge in [0.2, 0.25) is 5.91 Å². The molecule has 0 unspecified atom stereocenters. The number of hydrogen-bond acceptors (Lipinski definition) is 6. The number of rotatable bonds is 7. The van der Waals surface area contributed by atoms with Crippen LogP contribution >= 0.6 is 0 Å². The number of piperazine rings is 1. The number of ether oxygens (including phenoxy) is 2. The van der Waals surface area contributed by atoms with Gasteiger partial charge in [-0.25, -0.2) is 0 Å². The quantitative estimate of drug-likeness (QED) is 0.469. The minimum absolute atomic E-state index is 0.106. The SMILES string of the molecule is COc1ccccc1OCCC(=O)N1CCN(c2ccc(C(F)(F)F)cc2[N+](=O)[O-])CC1. The minimum atomic E-state index is -4.67. The van der Waals surface area contributed by atoms with Gasteiger partial charge >= 0.3 is 6.18 Å². The lowest BCUT2D eigenvalue weighted by Crippen LogP contribution is -2.49. The molecule has 1 aliphatic heterocycles. The maximum Gasteiger partial charge on any atom is 0.416 e. The molecule has 8 nitrogen and oxygen atoms in total. The zero-order valence-corrected chi connectivity index (χ0v) is 17.3. The van der Waals surface area contributed by atoms with Gasteiger partial charge in [0.1, 0.15) is 5.69 Å². The van der Waals surface area contributed by atoms with E-state index in [-0.39, 0.29) is 37.7 Å². The number of hydrogen-bond donors (Lipinski definition) is 0. The number of nitrogens with zero attached hydrogens (tertiary/aromatic N) is 3. The molecule has 2 aromatic rings. The van der Waals surface area contributed by atoms with Crippen LogP contribution in [0.1, 0.15) is 12.0 Å². The van der Waals surface area contributed by atoms with Crippen LogP contribution in [0.25, 0.3) is 0 Å². The highest BCUT2D eigenvalue weighted by atomic mass is 19.4. The standard InChI is InChI=1S/C21H22F3N3O5/c1-31-18-4-2-3-5-19(18)32-13-8-20(28)26-11-9-25(10-12-26)16-7-6-15(21(22,23)24)14-17(16)27(29)30/h2-7,14H,8-13H2,1H3. The zero-order valence-electron chi connectivity index (χ0n) is 17.3. The molecular weight excluding hydrogens is 431 g/mol. The van der Waals surface area contributed by atoms with Crippen LogP contribution < -0.4 is 14.4 Å². The van der Waals surface area contributed by atoms with Crippen molar-refractivity contribution in [1.82, 2.24) is 4.90 Å². The van der Waals surface area contributed by atoms with Crippen LogP contribution in [0.15, 0.2) is 42.5 Å². The smallest absolute Gasteiger partial charge is 0.416 e. The summed E-state index contributed by atoms with van der Waals surface area (Å²) in [5, 5.41) is 11.3. The molecule has 0 spiro atoms. The van der Waals surface area contributed by atoms with Gasteiger partial charge in [-0.2, -0.15) is 13.2 Å². The molecular formula is C21H22F3N3O5. The van der Waals surface area contributed by atoms with Crippen LogP contribution in [0.4, 0.5) is 24.5 Å². The number of nitro groups is 1. The third-order valence-electron chi connectivity index (χ3n) is 5.12. The van der Waals surface area contributed by atoms with Crippen LogP contribution in [-0.4, -0.2) is 55.6 Å². The van der Waals surface area contributed by atoms with Crippen LogP contribution in [0, 0.1) is 10.1 Å². The molecule has 0 atom stereocenters. The molecule has 0 bridgehead atoms. The fraction of sp³-hybridized carbons (Fsp3) is 0.381. The van der Waals surface area contributed by atoms with Crippen LogP contribution in [0.5, 0.6) is 11.5 Å². The minimum Gasteiger partial charge on any atom is -0.493 e. The molecule has 0 saturated carbocycles. The second kappa shape index (κ2) is 9.75. The highest BCUT2D eigenvalue weighted by Crippen LogP contribution is 2.36. The molecule has 11 heteroatoms. The Kier molecular flexibility index (Phi) is 7.06. The maximum atomic E-state index is 12.9. The molecule has 1 saturated heterocycles. The molecule has 3 rings (SSSR count). The fourth-order valence-corrected chi connectivity index (χ4v) is 3.45. The van der Waals surface area contributed by atoms with E-state index in [1.54, 1.807) is 34.1 Å². The highest BCUT2D eigenvalue weighted by molar-refractivity contribution is 5.77. The summed E-state index contributed by atoms with van der Waals surface area (Å²) in [5.41, 5.74) is -1.57. The van der Waals surface area contributed by atoms with E-state index in [4.69, 9.17) is 9.47 Å². The van der Waals surface area contributed by atoms with Gasteiger partial charge in [0.25, 0.3) is 5.69 Å². The molecule has 0 aromatic heterocycles. The first-order valence-electron chi connectivity index (χ1n) is 9.85. The Balaban J connectivity index is 1.56. The second-order valence-corrected chi connectivity index (χ2v) is 7.08. The molecule has 2 aromatic carbocycles. The number of alkyl halides is 3. The Morgan fingerprint density at radius 3 is 2.34 bits per heavy atom. The van der Waals surface area contributed by atoms with Gasteiger partial charge in [0, 0.05) is 32.2 Å². The maximum absolute atomic E-state index is 12.9. The number of anilines is 1. The largest absolute Gasteiger partial charge is 0.493 e. The fourth-order valence-electron chi connectivity index (χ4n) is 3.45. The first kappa shape index (κ1) is 23.2. The zero-order chi connectivity index (χ0) is 23.3. The Morgan fingerprint density at radius 1 is 1.09 bits per heavy atom. The van der Waals surface area contributed by atoms with E-state index in [1.165, 1.54) is 7.11 Å². The first-order chi connectivity index (χ1) is 15.2. The van der Waals surface area contributed by atoms with Crippen molar-refractivity contribution >= 4 is 17.3 Å². The molecule has 1 amide bonds. The van der Waals surface area contributed by atoms with Crippen molar-refractivity contribution in [3.8, 4) is 11.5 Å². The van der Waals surface area contributed by atoms with Gasteiger partial charge in [-0.1, -0.05) is 12.1 Å². The predicted octanol–water partition coefficient (Wildman–Crippen LogP) is 3.74. The van der Waals surface area contributed by atoms with Gasteiger partial charge in [0.15, 0.2) is 11.5 Å². The molecule has 1 fully saturated rings. The first-order valence-corrected chi connectivity index (χ1v) is 9.85. The van der Waals surface area contributed by atoms with Crippen molar-refractivity contribution in [2.24, 2.45) is 0 Å². The van der Waals surface area contributed by atoms with Crippen molar-refractivity contribution in [3.63, 3.8) is 0 Å². The summed E-state index contributed by atoms with van der Waals surface area (Å²) in [4.78, 5) is 26.2. The summed E-state index contributed by atoms with van der Waals surface area (Å²) >= 11 is 0. The van der Waals surface area contributed by atoms with Gasteiger partial charge < -0.3 is 19.3 Å². The number of halogens is 3. The monoisotopic (exact) mass is 453 g/mol. The van der Waals surface area contributed by atoms with E-state index in [9.17, 15) is 28.1 Å². The molecule has 172 valence electrons. The Labute approximate surface area is 182 Å². The van der Waals surface area contributed by atoms with Crippen molar-refractivity contribution in [1.29, 1.82) is 0 Å². The number of para-hydroxylation sites is 2. The third-order valence-corrected chi connectivity index (χ3v) is 5.12. The summed E-state index contributed by atoms with van der Waals surface area (Å²) in [5.74, 6) is 0.954. The molecule has 0 N–H and O–H groups in total. The van der Waals surface area contributed by atoms with Crippen LogP contribution in [0.3, 0.4) is 0 Å². The lowest BCUT2D eigenvalue weighted by molar-refractivity contribution is -0.384. The summed E-state index contributed by atoms with van der Waals surface area (Å²) in [6, 6.07) is 9.56. The summed E-state index contributed by atoms with van der Waals surface area (Å²) < 4.78 is 49.5.